The minimum atomic E-state index is -0.311. The molecule has 1 saturated heterocycles. The Kier molecular flexibility index (Phi) is 3.26. The van der Waals surface area contributed by atoms with Gasteiger partial charge >= 0.3 is 0 Å². The minimum absolute atomic E-state index is 0.188. The molecule has 1 N–H and O–H groups in total. The van der Waals surface area contributed by atoms with Crippen LogP contribution in [0.1, 0.15) is 26.7 Å². The van der Waals surface area contributed by atoms with E-state index in [4.69, 9.17) is 4.74 Å². The highest BCUT2D eigenvalue weighted by molar-refractivity contribution is 5.98. The molecular weight excluding hydrogens is 182 g/mol. The van der Waals surface area contributed by atoms with Crippen LogP contribution < -0.4 is 5.32 Å². The second-order valence-corrected chi connectivity index (χ2v) is 4.27. The van der Waals surface area contributed by atoms with Gasteiger partial charge < -0.3 is 4.74 Å². The van der Waals surface area contributed by atoms with Gasteiger partial charge in [-0.25, -0.2) is 0 Å². The van der Waals surface area contributed by atoms with Gasteiger partial charge in [0.1, 0.15) is 0 Å². The fourth-order valence-electron chi connectivity index (χ4n) is 1.91. The number of hydrogen-bond donors (Lipinski definition) is 1. The minimum Gasteiger partial charge on any atom is -0.384 e. The van der Waals surface area contributed by atoms with Crippen LogP contribution in [0.5, 0.6) is 0 Å². The Balaban J connectivity index is 2.85. The number of nitrogens with one attached hydrogen (secondary N) is 1. The fourth-order valence-corrected chi connectivity index (χ4v) is 1.91. The van der Waals surface area contributed by atoms with Crippen LogP contribution in [0.15, 0.2) is 0 Å². The number of ether oxygens (including phenoxy) is 1. The number of carbonyl (C=O) groups excluding carboxylic acids is 2. The van der Waals surface area contributed by atoms with E-state index in [0.717, 1.165) is 0 Å². The number of amides is 2. The summed E-state index contributed by atoms with van der Waals surface area (Å²) in [6, 6.07) is 0. The van der Waals surface area contributed by atoms with E-state index in [1.54, 1.807) is 7.11 Å². The van der Waals surface area contributed by atoms with Crippen molar-refractivity contribution >= 4 is 11.8 Å². The van der Waals surface area contributed by atoms with Crippen molar-refractivity contribution in [1.82, 2.24) is 5.32 Å². The van der Waals surface area contributed by atoms with E-state index >= 15 is 0 Å². The lowest BCUT2D eigenvalue weighted by molar-refractivity contribution is -0.142. The first-order valence-electron chi connectivity index (χ1n) is 4.82. The molecule has 80 valence electrons. The van der Waals surface area contributed by atoms with Crippen molar-refractivity contribution in [3.63, 3.8) is 0 Å². The summed E-state index contributed by atoms with van der Waals surface area (Å²) >= 11 is 0. The summed E-state index contributed by atoms with van der Waals surface area (Å²) in [6.45, 7) is 4.50. The smallest absolute Gasteiger partial charge is 0.227 e. The summed E-state index contributed by atoms with van der Waals surface area (Å²) in [7, 11) is 1.60. The third kappa shape index (κ3) is 2.12. The van der Waals surface area contributed by atoms with E-state index in [1.165, 1.54) is 0 Å². The molecule has 0 spiro atoms. The number of rotatable bonds is 3. The Labute approximate surface area is 84.0 Å². The summed E-state index contributed by atoms with van der Waals surface area (Å²) in [5.41, 5.74) is -0.311. The van der Waals surface area contributed by atoms with Crippen molar-refractivity contribution < 1.29 is 14.3 Å². The molecule has 4 heteroatoms. The van der Waals surface area contributed by atoms with Crippen LogP contribution in [0, 0.1) is 11.3 Å². The summed E-state index contributed by atoms with van der Waals surface area (Å²) in [5, 5.41) is 2.31. The van der Waals surface area contributed by atoms with Crippen molar-refractivity contribution in [2.45, 2.75) is 26.7 Å². The van der Waals surface area contributed by atoms with Crippen molar-refractivity contribution in [1.29, 1.82) is 0 Å². The molecule has 0 radical (unpaired) electrons. The zero-order valence-corrected chi connectivity index (χ0v) is 8.92. The van der Waals surface area contributed by atoms with Gasteiger partial charge in [0.15, 0.2) is 0 Å². The van der Waals surface area contributed by atoms with Crippen LogP contribution in [-0.2, 0) is 14.3 Å². The van der Waals surface area contributed by atoms with E-state index in [1.807, 2.05) is 13.8 Å². The molecule has 1 aliphatic heterocycles. The van der Waals surface area contributed by atoms with Crippen LogP contribution in [-0.4, -0.2) is 25.5 Å². The van der Waals surface area contributed by atoms with Gasteiger partial charge in [-0.05, 0) is 5.92 Å². The molecule has 4 nitrogen and oxygen atoms in total. The third-order valence-corrected chi connectivity index (χ3v) is 2.96. The highest BCUT2D eigenvalue weighted by atomic mass is 16.5. The van der Waals surface area contributed by atoms with Gasteiger partial charge in [-0.1, -0.05) is 13.8 Å². The van der Waals surface area contributed by atoms with Crippen molar-refractivity contribution in [2.75, 3.05) is 13.7 Å². The SMILES string of the molecule is COCC1(C(C)C)CC(=O)NC(=O)C1. The number of piperidine rings is 1. The highest BCUT2D eigenvalue weighted by Crippen LogP contribution is 2.37. The van der Waals surface area contributed by atoms with Crippen molar-refractivity contribution in [3.8, 4) is 0 Å². The Morgan fingerprint density at radius 3 is 2.21 bits per heavy atom. The monoisotopic (exact) mass is 199 g/mol. The molecule has 0 aromatic heterocycles. The zero-order chi connectivity index (χ0) is 10.8. The standard InChI is InChI=1S/C10H17NO3/c1-7(2)10(6-14-3)4-8(12)11-9(13)5-10/h7H,4-6H2,1-3H3,(H,11,12,13). The first-order chi connectivity index (χ1) is 6.50. The predicted octanol–water partition coefficient (Wildman–Crippen LogP) is 0.712. The third-order valence-electron chi connectivity index (χ3n) is 2.96. The van der Waals surface area contributed by atoms with Crippen LogP contribution in [0.4, 0.5) is 0 Å². The lowest BCUT2D eigenvalue weighted by atomic mass is 9.70. The summed E-state index contributed by atoms with van der Waals surface area (Å²) in [4.78, 5) is 22.6. The topological polar surface area (TPSA) is 55.4 Å². The van der Waals surface area contributed by atoms with Crippen LogP contribution in [0.2, 0.25) is 0 Å². The molecule has 1 fully saturated rings. The van der Waals surface area contributed by atoms with E-state index in [9.17, 15) is 9.59 Å². The van der Waals surface area contributed by atoms with Crippen molar-refractivity contribution in [3.05, 3.63) is 0 Å². The summed E-state index contributed by atoms with van der Waals surface area (Å²) in [6.07, 6.45) is 0.758. The average Bonchev–Trinajstić information content (AvgIpc) is 2.02. The van der Waals surface area contributed by atoms with Crippen LogP contribution in [0.3, 0.4) is 0 Å². The van der Waals surface area contributed by atoms with E-state index in [2.05, 4.69) is 5.32 Å². The number of carbonyl (C=O) groups is 2. The van der Waals surface area contributed by atoms with Crippen LogP contribution >= 0.6 is 0 Å². The lowest BCUT2D eigenvalue weighted by Gasteiger charge is -2.38. The number of imide groups is 1. The van der Waals surface area contributed by atoms with E-state index in [0.29, 0.717) is 19.4 Å². The maximum atomic E-state index is 11.3. The number of methoxy groups -OCH3 is 1. The molecule has 0 atom stereocenters. The maximum Gasteiger partial charge on any atom is 0.227 e. The summed E-state index contributed by atoms with van der Waals surface area (Å²) in [5.74, 6) is -0.114. The molecule has 0 aliphatic carbocycles. The van der Waals surface area contributed by atoms with Crippen LogP contribution in [0.25, 0.3) is 0 Å². The zero-order valence-electron chi connectivity index (χ0n) is 8.92. The predicted molar refractivity (Wildman–Crippen MR) is 51.5 cm³/mol. The van der Waals surface area contributed by atoms with Gasteiger partial charge in [0, 0.05) is 25.4 Å². The van der Waals surface area contributed by atoms with Gasteiger partial charge in [0.25, 0.3) is 0 Å². The van der Waals surface area contributed by atoms with Gasteiger partial charge in [0.2, 0.25) is 11.8 Å². The Morgan fingerprint density at radius 2 is 1.86 bits per heavy atom. The molecule has 1 heterocycles. The lowest BCUT2D eigenvalue weighted by Crippen LogP contribution is -2.49. The maximum absolute atomic E-state index is 11.3. The molecule has 1 aliphatic rings. The van der Waals surface area contributed by atoms with Gasteiger partial charge in [-0.15, -0.1) is 0 Å². The Hall–Kier alpha value is -0.900. The Morgan fingerprint density at radius 1 is 1.36 bits per heavy atom. The normalized spacial score (nSPS) is 21.1. The molecule has 14 heavy (non-hydrogen) atoms. The molecule has 0 aromatic carbocycles. The molecule has 0 bridgehead atoms. The van der Waals surface area contributed by atoms with E-state index in [-0.39, 0.29) is 23.1 Å². The largest absolute Gasteiger partial charge is 0.384 e. The average molecular weight is 199 g/mol. The van der Waals surface area contributed by atoms with Gasteiger partial charge in [-0.3, -0.25) is 14.9 Å². The molecule has 2 amide bonds. The molecular formula is C10H17NO3. The quantitative estimate of drug-likeness (QED) is 0.681. The van der Waals surface area contributed by atoms with Gasteiger partial charge in [0.05, 0.1) is 6.61 Å². The highest BCUT2D eigenvalue weighted by Gasteiger charge is 2.42. The molecule has 0 aromatic rings. The first kappa shape index (κ1) is 11.2. The molecule has 1 rings (SSSR count). The first-order valence-corrected chi connectivity index (χ1v) is 4.82. The molecule has 0 unspecified atom stereocenters. The summed E-state index contributed by atoms with van der Waals surface area (Å²) < 4.78 is 5.11. The Bertz CT molecular complexity index is 232. The number of hydrogen-bond acceptors (Lipinski definition) is 3. The van der Waals surface area contributed by atoms with E-state index < -0.39 is 0 Å². The second kappa shape index (κ2) is 4.09. The molecule has 0 saturated carbocycles. The van der Waals surface area contributed by atoms with Gasteiger partial charge in [-0.2, -0.15) is 0 Å². The second-order valence-electron chi connectivity index (χ2n) is 4.27. The van der Waals surface area contributed by atoms with Crippen molar-refractivity contribution in [2.24, 2.45) is 11.3 Å². The fraction of sp³-hybridized carbons (Fsp3) is 0.800.